The summed E-state index contributed by atoms with van der Waals surface area (Å²) in [5.74, 6) is 0.171. The summed E-state index contributed by atoms with van der Waals surface area (Å²) < 4.78 is 2.21. The van der Waals surface area contributed by atoms with E-state index in [1.807, 2.05) is 0 Å². The van der Waals surface area contributed by atoms with Crippen molar-refractivity contribution in [3.05, 3.63) is 10.8 Å². The van der Waals surface area contributed by atoms with Crippen molar-refractivity contribution in [2.24, 2.45) is 7.05 Å². The van der Waals surface area contributed by atoms with Crippen LogP contribution in [0.3, 0.4) is 0 Å². The molecule has 0 saturated heterocycles. The summed E-state index contributed by atoms with van der Waals surface area (Å²) in [6, 6.07) is 0. The first-order valence-corrected chi connectivity index (χ1v) is 5.48. The average Bonchev–Trinajstić information content (AvgIpc) is 2.85. The van der Waals surface area contributed by atoms with Crippen LogP contribution < -0.4 is 5.73 Å². The largest absolute Gasteiger partial charge is 0.368 e. The molecule has 0 amide bonds. The van der Waals surface area contributed by atoms with Gasteiger partial charge < -0.3 is 5.73 Å². The summed E-state index contributed by atoms with van der Waals surface area (Å²) in [7, 11) is 1.78. The van der Waals surface area contributed by atoms with Crippen molar-refractivity contribution >= 4 is 32.9 Å². The van der Waals surface area contributed by atoms with Crippen LogP contribution in [0.2, 0.25) is 0 Å². The molecule has 17 heavy (non-hydrogen) atoms. The Morgan fingerprint density at radius 3 is 2.94 bits per heavy atom. The summed E-state index contributed by atoms with van der Waals surface area (Å²) in [6.07, 6.45) is 1.64. The van der Waals surface area contributed by atoms with Crippen LogP contribution in [0.15, 0.2) is 10.8 Å². The highest BCUT2D eigenvalue weighted by Crippen LogP contribution is 2.29. The number of anilines is 1. The minimum Gasteiger partial charge on any atom is -0.368 e. The van der Waals surface area contributed by atoms with Crippen molar-refractivity contribution in [3.63, 3.8) is 0 Å². The van der Waals surface area contributed by atoms with E-state index in [0.29, 0.717) is 15.9 Å². The first kappa shape index (κ1) is 10.1. The SMILES string of the molecule is Cn1nnc(Br)c1-c1nc(N)nc2[nH]ncc12. The zero-order chi connectivity index (χ0) is 12.0. The number of nitrogens with two attached hydrogens (primary N) is 1. The number of H-pyrrole nitrogens is 1. The molecule has 0 aromatic carbocycles. The van der Waals surface area contributed by atoms with Gasteiger partial charge in [-0.15, -0.1) is 5.10 Å². The summed E-state index contributed by atoms with van der Waals surface area (Å²) in [6.45, 7) is 0. The maximum absolute atomic E-state index is 5.65. The Kier molecular flexibility index (Phi) is 2.08. The first-order valence-electron chi connectivity index (χ1n) is 4.69. The number of fused-ring (bicyclic) bond motifs is 1. The lowest BCUT2D eigenvalue weighted by molar-refractivity contribution is 0.719. The summed E-state index contributed by atoms with van der Waals surface area (Å²) in [5, 5.41) is 15.3. The summed E-state index contributed by atoms with van der Waals surface area (Å²) >= 11 is 3.33. The van der Waals surface area contributed by atoms with Gasteiger partial charge in [0, 0.05) is 7.05 Å². The monoisotopic (exact) mass is 294 g/mol. The number of hydrogen-bond acceptors (Lipinski definition) is 6. The van der Waals surface area contributed by atoms with Crippen LogP contribution in [0.4, 0.5) is 5.95 Å². The van der Waals surface area contributed by atoms with Crippen LogP contribution in [0.5, 0.6) is 0 Å². The van der Waals surface area contributed by atoms with Gasteiger partial charge in [-0.3, -0.25) is 5.10 Å². The lowest BCUT2D eigenvalue weighted by Gasteiger charge is -2.03. The Labute approximate surface area is 103 Å². The fourth-order valence-electron chi connectivity index (χ4n) is 1.62. The van der Waals surface area contributed by atoms with Crippen molar-refractivity contribution in [1.82, 2.24) is 35.2 Å². The second-order valence-electron chi connectivity index (χ2n) is 3.42. The number of nitrogens with zero attached hydrogens (tertiary/aromatic N) is 6. The van der Waals surface area contributed by atoms with Crippen molar-refractivity contribution in [1.29, 1.82) is 0 Å². The number of hydrogen-bond donors (Lipinski definition) is 2. The maximum atomic E-state index is 5.65. The van der Waals surface area contributed by atoms with E-state index in [1.54, 1.807) is 17.9 Å². The molecule has 0 spiro atoms. The number of nitrogen functional groups attached to an aromatic ring is 1. The van der Waals surface area contributed by atoms with Crippen LogP contribution in [-0.2, 0) is 7.05 Å². The van der Waals surface area contributed by atoms with Gasteiger partial charge in [-0.1, -0.05) is 5.21 Å². The molecule has 0 radical (unpaired) electrons. The normalized spacial score (nSPS) is 11.2. The van der Waals surface area contributed by atoms with Gasteiger partial charge in [-0.25, -0.2) is 9.67 Å². The third-order valence-corrected chi connectivity index (χ3v) is 2.87. The highest BCUT2D eigenvalue weighted by Gasteiger charge is 2.17. The summed E-state index contributed by atoms with van der Waals surface area (Å²) in [4.78, 5) is 8.26. The number of halogens is 1. The van der Waals surface area contributed by atoms with E-state index in [1.165, 1.54) is 0 Å². The molecule has 0 unspecified atom stereocenters. The molecule has 8 nitrogen and oxygen atoms in total. The summed E-state index contributed by atoms with van der Waals surface area (Å²) in [5.41, 5.74) is 7.61. The molecule has 0 aliphatic carbocycles. The molecular weight excluding hydrogens is 288 g/mol. The third-order valence-electron chi connectivity index (χ3n) is 2.34. The first-order chi connectivity index (χ1) is 8.16. The molecular formula is C8H7BrN8. The number of rotatable bonds is 1. The van der Waals surface area contributed by atoms with Gasteiger partial charge in [0.1, 0.15) is 11.4 Å². The Hall–Kier alpha value is -2.03. The molecule has 0 bridgehead atoms. The van der Waals surface area contributed by atoms with Gasteiger partial charge in [0.2, 0.25) is 5.95 Å². The van der Waals surface area contributed by atoms with E-state index in [4.69, 9.17) is 5.73 Å². The van der Waals surface area contributed by atoms with Crippen molar-refractivity contribution in [3.8, 4) is 11.4 Å². The molecule has 0 fully saturated rings. The fourth-order valence-corrected chi connectivity index (χ4v) is 2.13. The highest BCUT2D eigenvalue weighted by atomic mass is 79.9. The van der Waals surface area contributed by atoms with Crippen LogP contribution in [0.25, 0.3) is 22.4 Å². The van der Waals surface area contributed by atoms with Gasteiger partial charge in [-0.05, 0) is 15.9 Å². The van der Waals surface area contributed by atoms with Crippen molar-refractivity contribution in [2.45, 2.75) is 0 Å². The van der Waals surface area contributed by atoms with Gasteiger partial charge in [0.15, 0.2) is 10.3 Å². The molecule has 3 heterocycles. The predicted molar refractivity (Wildman–Crippen MR) is 63.8 cm³/mol. The van der Waals surface area contributed by atoms with E-state index in [0.717, 1.165) is 11.1 Å². The van der Waals surface area contributed by atoms with E-state index in [2.05, 4.69) is 46.4 Å². The van der Waals surface area contributed by atoms with Crippen molar-refractivity contribution < 1.29 is 0 Å². The van der Waals surface area contributed by atoms with Crippen molar-refractivity contribution in [2.75, 3.05) is 5.73 Å². The maximum Gasteiger partial charge on any atom is 0.222 e. The van der Waals surface area contributed by atoms with Crippen LogP contribution >= 0.6 is 15.9 Å². The van der Waals surface area contributed by atoms with Crippen LogP contribution in [0.1, 0.15) is 0 Å². The Morgan fingerprint density at radius 1 is 1.41 bits per heavy atom. The molecule has 0 aliphatic heterocycles. The second-order valence-corrected chi connectivity index (χ2v) is 4.17. The molecule has 9 heteroatoms. The lowest BCUT2D eigenvalue weighted by Crippen LogP contribution is -2.01. The highest BCUT2D eigenvalue weighted by molar-refractivity contribution is 9.10. The number of nitrogens with one attached hydrogen (secondary N) is 1. The van der Waals surface area contributed by atoms with Gasteiger partial charge in [0.25, 0.3) is 0 Å². The van der Waals surface area contributed by atoms with Crippen LogP contribution in [0, 0.1) is 0 Å². The zero-order valence-corrected chi connectivity index (χ0v) is 10.3. The van der Waals surface area contributed by atoms with Gasteiger partial charge >= 0.3 is 0 Å². The predicted octanol–water partition coefficient (Wildman–Crippen LogP) is 0.493. The van der Waals surface area contributed by atoms with E-state index < -0.39 is 0 Å². The molecule has 86 valence electrons. The van der Waals surface area contributed by atoms with E-state index in [9.17, 15) is 0 Å². The zero-order valence-electron chi connectivity index (χ0n) is 8.72. The minimum absolute atomic E-state index is 0.171. The molecule has 0 atom stereocenters. The van der Waals surface area contributed by atoms with Crippen LogP contribution in [-0.4, -0.2) is 35.2 Å². The quantitative estimate of drug-likeness (QED) is 0.676. The lowest BCUT2D eigenvalue weighted by atomic mass is 10.2. The Bertz CT molecular complexity index is 679. The Morgan fingerprint density at radius 2 is 2.24 bits per heavy atom. The molecule has 3 aromatic rings. The minimum atomic E-state index is 0.171. The van der Waals surface area contributed by atoms with E-state index in [-0.39, 0.29) is 5.95 Å². The number of aromatic amines is 1. The molecule has 3 N–H and O–H groups in total. The third kappa shape index (κ3) is 1.46. The smallest absolute Gasteiger partial charge is 0.222 e. The topological polar surface area (TPSA) is 111 Å². The Balaban J connectivity index is 2.40. The number of aromatic nitrogens is 7. The molecule has 0 saturated carbocycles. The molecule has 3 aromatic heterocycles. The fraction of sp³-hybridized carbons (Fsp3) is 0.125. The average molecular weight is 295 g/mol. The number of aryl methyl sites for hydroxylation is 1. The standard InChI is InChI=1S/C8H7BrN8/c1-17-5(6(9)14-16-17)4-3-2-11-15-7(3)13-8(10)12-4/h2H,1H3,(H3,10,11,12,13,15). The molecule has 3 rings (SSSR count). The second kappa shape index (κ2) is 3.48. The van der Waals surface area contributed by atoms with Gasteiger partial charge in [0.05, 0.1) is 11.6 Å². The molecule has 0 aliphatic rings. The van der Waals surface area contributed by atoms with Gasteiger partial charge in [-0.2, -0.15) is 10.1 Å². The van der Waals surface area contributed by atoms with E-state index >= 15 is 0 Å².